The van der Waals surface area contributed by atoms with Crippen molar-refractivity contribution in [2.24, 2.45) is 5.92 Å². The van der Waals surface area contributed by atoms with Gasteiger partial charge in [0.2, 0.25) is 0 Å². The summed E-state index contributed by atoms with van der Waals surface area (Å²) >= 11 is 0. The molecule has 16 heavy (non-hydrogen) atoms. The minimum Gasteiger partial charge on any atom is -0.395 e. The second kappa shape index (κ2) is 5.48. The van der Waals surface area contributed by atoms with Crippen LogP contribution in [-0.4, -0.2) is 47.8 Å². The van der Waals surface area contributed by atoms with Crippen LogP contribution in [0, 0.1) is 5.92 Å². The van der Waals surface area contributed by atoms with Crippen LogP contribution in [0.4, 0.5) is 0 Å². The highest BCUT2D eigenvalue weighted by atomic mass is 16.3. The standard InChI is InChI=1S/C13H26N2O/c1-10(2)14-12(9-16)8-15(13-5-6-13)7-11-3-4-11/h10-14,16H,3-9H2,1-2H3. The van der Waals surface area contributed by atoms with Crippen molar-refractivity contribution in [2.75, 3.05) is 19.7 Å². The van der Waals surface area contributed by atoms with Crippen LogP contribution in [0.2, 0.25) is 0 Å². The minimum atomic E-state index is 0.249. The average molecular weight is 226 g/mol. The molecule has 0 radical (unpaired) electrons. The van der Waals surface area contributed by atoms with Crippen LogP contribution in [0.15, 0.2) is 0 Å². The quantitative estimate of drug-likeness (QED) is 0.653. The molecule has 0 aromatic rings. The van der Waals surface area contributed by atoms with Gasteiger partial charge in [-0.25, -0.2) is 0 Å². The lowest BCUT2D eigenvalue weighted by Gasteiger charge is -2.28. The van der Waals surface area contributed by atoms with Crippen molar-refractivity contribution in [3.05, 3.63) is 0 Å². The van der Waals surface area contributed by atoms with Crippen molar-refractivity contribution in [2.45, 2.75) is 57.7 Å². The third-order valence-corrected chi connectivity index (χ3v) is 3.50. The fraction of sp³-hybridized carbons (Fsp3) is 1.00. The molecular weight excluding hydrogens is 200 g/mol. The Bertz CT molecular complexity index is 212. The van der Waals surface area contributed by atoms with E-state index in [1.54, 1.807) is 0 Å². The summed E-state index contributed by atoms with van der Waals surface area (Å²) < 4.78 is 0. The molecule has 0 saturated heterocycles. The Hall–Kier alpha value is -0.120. The van der Waals surface area contributed by atoms with Crippen LogP contribution in [0.5, 0.6) is 0 Å². The Morgan fingerprint density at radius 1 is 1.25 bits per heavy atom. The van der Waals surface area contributed by atoms with Gasteiger partial charge in [-0.3, -0.25) is 4.90 Å². The number of aliphatic hydroxyl groups excluding tert-OH is 1. The lowest BCUT2D eigenvalue weighted by molar-refractivity contribution is 0.166. The zero-order chi connectivity index (χ0) is 11.5. The highest BCUT2D eigenvalue weighted by molar-refractivity contribution is 4.90. The lowest BCUT2D eigenvalue weighted by atomic mass is 10.2. The first kappa shape index (κ1) is 12.3. The Kier molecular flexibility index (Phi) is 4.22. The topological polar surface area (TPSA) is 35.5 Å². The maximum absolute atomic E-state index is 9.39. The van der Waals surface area contributed by atoms with Crippen LogP contribution in [0.3, 0.4) is 0 Å². The van der Waals surface area contributed by atoms with E-state index in [1.165, 1.54) is 32.2 Å². The molecule has 0 aliphatic heterocycles. The molecule has 1 unspecified atom stereocenters. The second-order valence-corrected chi connectivity index (χ2v) is 5.83. The van der Waals surface area contributed by atoms with Gasteiger partial charge in [-0.2, -0.15) is 0 Å². The number of nitrogens with zero attached hydrogens (tertiary/aromatic N) is 1. The molecule has 2 rings (SSSR count). The van der Waals surface area contributed by atoms with Gasteiger partial charge in [0.15, 0.2) is 0 Å². The van der Waals surface area contributed by atoms with Gasteiger partial charge in [-0.05, 0) is 31.6 Å². The Morgan fingerprint density at radius 3 is 2.38 bits per heavy atom. The van der Waals surface area contributed by atoms with Crippen molar-refractivity contribution in [3.8, 4) is 0 Å². The number of rotatable bonds is 8. The van der Waals surface area contributed by atoms with Crippen LogP contribution in [0.1, 0.15) is 39.5 Å². The third kappa shape index (κ3) is 4.04. The fourth-order valence-corrected chi connectivity index (χ4v) is 2.36. The molecule has 0 aromatic heterocycles. The van der Waals surface area contributed by atoms with Gasteiger partial charge in [0.1, 0.15) is 0 Å². The van der Waals surface area contributed by atoms with E-state index in [1.807, 2.05) is 0 Å². The van der Waals surface area contributed by atoms with Gasteiger partial charge in [0, 0.05) is 31.2 Å². The van der Waals surface area contributed by atoms with Crippen LogP contribution < -0.4 is 5.32 Å². The zero-order valence-corrected chi connectivity index (χ0v) is 10.7. The number of hydrogen-bond donors (Lipinski definition) is 2. The second-order valence-electron chi connectivity index (χ2n) is 5.83. The maximum atomic E-state index is 9.39. The fourth-order valence-electron chi connectivity index (χ4n) is 2.36. The van der Waals surface area contributed by atoms with Crippen molar-refractivity contribution >= 4 is 0 Å². The van der Waals surface area contributed by atoms with Gasteiger partial charge in [0.25, 0.3) is 0 Å². The molecule has 2 N–H and O–H groups in total. The molecule has 0 bridgehead atoms. The highest BCUT2D eigenvalue weighted by Crippen LogP contribution is 2.34. The molecule has 2 saturated carbocycles. The van der Waals surface area contributed by atoms with E-state index in [9.17, 15) is 5.11 Å². The first-order chi connectivity index (χ1) is 7.69. The Balaban J connectivity index is 1.77. The van der Waals surface area contributed by atoms with Gasteiger partial charge in [0.05, 0.1) is 6.61 Å². The summed E-state index contributed by atoms with van der Waals surface area (Å²) in [7, 11) is 0. The van der Waals surface area contributed by atoms with Crippen molar-refractivity contribution in [1.82, 2.24) is 10.2 Å². The van der Waals surface area contributed by atoms with Gasteiger partial charge in [-0.15, -0.1) is 0 Å². The van der Waals surface area contributed by atoms with E-state index in [0.29, 0.717) is 6.04 Å². The number of nitrogens with one attached hydrogen (secondary N) is 1. The molecule has 0 heterocycles. The molecule has 2 aliphatic rings. The Labute approximate surface area is 99.2 Å². The van der Waals surface area contributed by atoms with E-state index in [4.69, 9.17) is 0 Å². The Morgan fingerprint density at radius 2 is 1.94 bits per heavy atom. The maximum Gasteiger partial charge on any atom is 0.0597 e. The van der Waals surface area contributed by atoms with Crippen LogP contribution >= 0.6 is 0 Å². The van der Waals surface area contributed by atoms with Gasteiger partial charge >= 0.3 is 0 Å². The van der Waals surface area contributed by atoms with E-state index in [-0.39, 0.29) is 12.6 Å². The summed E-state index contributed by atoms with van der Waals surface area (Å²) in [6.45, 7) is 6.83. The average Bonchev–Trinajstić information content (AvgIpc) is 3.07. The summed E-state index contributed by atoms with van der Waals surface area (Å²) in [6, 6.07) is 1.53. The predicted molar refractivity (Wildman–Crippen MR) is 66.5 cm³/mol. The molecule has 0 spiro atoms. The van der Waals surface area contributed by atoms with Gasteiger partial charge in [-0.1, -0.05) is 13.8 Å². The zero-order valence-electron chi connectivity index (χ0n) is 10.7. The molecule has 2 aliphatic carbocycles. The molecule has 0 amide bonds. The molecular formula is C13H26N2O. The minimum absolute atomic E-state index is 0.249. The SMILES string of the molecule is CC(C)NC(CO)CN(CC1CC1)C1CC1. The monoisotopic (exact) mass is 226 g/mol. The predicted octanol–water partition coefficient (Wildman–Crippen LogP) is 1.22. The molecule has 3 nitrogen and oxygen atoms in total. The normalized spacial score (nSPS) is 23.1. The van der Waals surface area contributed by atoms with Crippen molar-refractivity contribution < 1.29 is 5.11 Å². The van der Waals surface area contributed by atoms with Gasteiger partial charge < -0.3 is 10.4 Å². The van der Waals surface area contributed by atoms with Crippen LogP contribution in [-0.2, 0) is 0 Å². The van der Waals surface area contributed by atoms with E-state index < -0.39 is 0 Å². The van der Waals surface area contributed by atoms with Crippen LogP contribution in [0.25, 0.3) is 0 Å². The summed E-state index contributed by atoms with van der Waals surface area (Å²) in [6.07, 6.45) is 5.58. The third-order valence-electron chi connectivity index (χ3n) is 3.50. The molecule has 3 heteroatoms. The number of hydrogen-bond acceptors (Lipinski definition) is 3. The number of aliphatic hydroxyl groups is 1. The molecule has 1 atom stereocenters. The summed E-state index contributed by atoms with van der Waals surface area (Å²) in [5.41, 5.74) is 0. The molecule has 0 aromatic carbocycles. The summed E-state index contributed by atoms with van der Waals surface area (Å²) in [5, 5.41) is 12.8. The summed E-state index contributed by atoms with van der Waals surface area (Å²) in [5.74, 6) is 0.957. The molecule has 94 valence electrons. The lowest BCUT2D eigenvalue weighted by Crippen LogP contribution is -2.47. The first-order valence-electron chi connectivity index (χ1n) is 6.80. The molecule has 2 fully saturated rings. The highest BCUT2D eigenvalue weighted by Gasteiger charge is 2.34. The van der Waals surface area contributed by atoms with Crippen molar-refractivity contribution in [3.63, 3.8) is 0 Å². The first-order valence-corrected chi connectivity index (χ1v) is 6.80. The van der Waals surface area contributed by atoms with E-state index in [2.05, 4.69) is 24.1 Å². The van der Waals surface area contributed by atoms with E-state index >= 15 is 0 Å². The van der Waals surface area contributed by atoms with Crippen molar-refractivity contribution in [1.29, 1.82) is 0 Å². The smallest absolute Gasteiger partial charge is 0.0597 e. The van der Waals surface area contributed by atoms with E-state index in [0.717, 1.165) is 18.5 Å². The summed E-state index contributed by atoms with van der Waals surface area (Å²) in [4.78, 5) is 2.61. The largest absolute Gasteiger partial charge is 0.395 e.